The van der Waals surface area contributed by atoms with Crippen LogP contribution in [-0.2, 0) is 4.79 Å². The highest BCUT2D eigenvalue weighted by atomic mass is 32.1. The van der Waals surface area contributed by atoms with Crippen molar-refractivity contribution in [1.82, 2.24) is 0 Å². The van der Waals surface area contributed by atoms with Gasteiger partial charge in [-0.2, -0.15) is 12.6 Å². The summed E-state index contributed by atoms with van der Waals surface area (Å²) in [5.74, 6) is 0.311. The van der Waals surface area contributed by atoms with Gasteiger partial charge in [0.05, 0.1) is 12.1 Å². The molecule has 0 saturated carbocycles. The molecule has 0 aromatic rings. The number of thiol groups is 1. The van der Waals surface area contributed by atoms with Gasteiger partial charge in [-0.05, 0) is 13.3 Å². The average Bonchev–Trinajstić information content (AvgIpc) is 1.99. The maximum absolute atomic E-state index is 11.6. The molecule has 0 amide bonds. The van der Waals surface area contributed by atoms with Gasteiger partial charge in [0, 0.05) is 11.2 Å². The molecule has 3 N–H and O–H groups in total. The first kappa shape index (κ1) is 12.9. The smallest absolute Gasteiger partial charge is 0.156 e. The number of Topliss-reactive ketones (excluding diaryl/α,β-unsaturated/α-hetero) is 1. The Bertz CT molecular complexity index is 180. The van der Waals surface area contributed by atoms with Crippen LogP contribution < -0.4 is 5.73 Å². The molecule has 2 atom stereocenters. The van der Waals surface area contributed by atoms with Crippen LogP contribution >= 0.6 is 12.6 Å². The number of carbonyl (C=O) groups excluding carboxylic acids is 1. The van der Waals surface area contributed by atoms with E-state index in [9.17, 15) is 9.90 Å². The van der Waals surface area contributed by atoms with Crippen LogP contribution in [-0.4, -0.2) is 28.8 Å². The number of nitrogens with two attached hydrogens (primary N) is 1. The van der Waals surface area contributed by atoms with Gasteiger partial charge in [-0.3, -0.25) is 4.79 Å². The Morgan fingerprint density at radius 1 is 1.62 bits per heavy atom. The summed E-state index contributed by atoms with van der Waals surface area (Å²) >= 11 is 3.97. The van der Waals surface area contributed by atoms with Gasteiger partial charge in [0.2, 0.25) is 0 Å². The lowest BCUT2D eigenvalue weighted by atomic mass is 9.80. The van der Waals surface area contributed by atoms with Crippen molar-refractivity contribution in [3.63, 3.8) is 0 Å². The molecule has 0 rings (SSSR count). The minimum absolute atomic E-state index is 0.0385. The van der Waals surface area contributed by atoms with E-state index in [1.165, 1.54) is 0 Å². The van der Waals surface area contributed by atoms with Gasteiger partial charge >= 0.3 is 0 Å². The molecule has 0 heterocycles. The Morgan fingerprint density at radius 2 is 2.08 bits per heavy atom. The highest BCUT2D eigenvalue weighted by molar-refractivity contribution is 7.80. The maximum atomic E-state index is 11.6. The van der Waals surface area contributed by atoms with E-state index in [-0.39, 0.29) is 5.78 Å². The standard InChI is InChI=1S/C9H19NO2S/c1-6(11)4-9(2,3)8(12)7(10)5-13/h6-7,11,13H,4-5,10H2,1-3H3/t6?,7-/m0/s1. The fourth-order valence-corrected chi connectivity index (χ4v) is 1.59. The van der Waals surface area contributed by atoms with Crippen LogP contribution in [0.2, 0.25) is 0 Å². The lowest BCUT2D eigenvalue weighted by Gasteiger charge is -2.26. The molecule has 0 aliphatic rings. The summed E-state index contributed by atoms with van der Waals surface area (Å²) < 4.78 is 0. The van der Waals surface area contributed by atoms with Crippen LogP contribution in [0.15, 0.2) is 0 Å². The van der Waals surface area contributed by atoms with Crippen LogP contribution in [0.4, 0.5) is 0 Å². The van der Waals surface area contributed by atoms with E-state index >= 15 is 0 Å². The fraction of sp³-hybridized carbons (Fsp3) is 0.889. The summed E-state index contributed by atoms with van der Waals surface area (Å²) in [7, 11) is 0. The molecule has 0 fully saturated rings. The third-order valence-electron chi connectivity index (χ3n) is 2.01. The Morgan fingerprint density at radius 3 is 2.38 bits per heavy atom. The number of aliphatic hydroxyl groups is 1. The normalized spacial score (nSPS) is 16.8. The molecule has 0 aliphatic carbocycles. The summed E-state index contributed by atoms with van der Waals surface area (Å²) in [4.78, 5) is 11.6. The second kappa shape index (κ2) is 4.98. The Kier molecular flexibility index (Phi) is 4.96. The fourth-order valence-electron chi connectivity index (χ4n) is 1.42. The van der Waals surface area contributed by atoms with Crippen molar-refractivity contribution in [3.8, 4) is 0 Å². The van der Waals surface area contributed by atoms with E-state index < -0.39 is 17.6 Å². The number of ketones is 1. The first-order chi connectivity index (χ1) is 5.81. The van der Waals surface area contributed by atoms with Crippen molar-refractivity contribution < 1.29 is 9.90 Å². The zero-order chi connectivity index (χ0) is 10.6. The molecule has 4 heteroatoms. The summed E-state index contributed by atoms with van der Waals surface area (Å²) in [6.45, 7) is 5.26. The van der Waals surface area contributed by atoms with Gasteiger partial charge in [-0.25, -0.2) is 0 Å². The van der Waals surface area contributed by atoms with Gasteiger partial charge in [-0.15, -0.1) is 0 Å². The highest BCUT2D eigenvalue weighted by Crippen LogP contribution is 2.24. The summed E-state index contributed by atoms with van der Waals surface area (Å²) in [5, 5.41) is 9.18. The predicted molar refractivity (Wildman–Crippen MR) is 56.9 cm³/mol. The van der Waals surface area contributed by atoms with E-state index in [0.717, 1.165) is 0 Å². The second-order valence-corrected chi connectivity index (χ2v) is 4.46. The molecule has 78 valence electrons. The quantitative estimate of drug-likeness (QED) is 0.576. The lowest BCUT2D eigenvalue weighted by molar-refractivity contribution is -0.129. The van der Waals surface area contributed by atoms with E-state index in [4.69, 9.17) is 5.73 Å². The Labute approximate surface area is 85.1 Å². The second-order valence-electron chi connectivity index (χ2n) is 4.09. The largest absolute Gasteiger partial charge is 0.393 e. The molecule has 0 bridgehead atoms. The first-order valence-corrected chi connectivity index (χ1v) is 5.03. The predicted octanol–water partition coefficient (Wildman–Crippen LogP) is 0.610. The number of rotatable bonds is 5. The Balaban J connectivity index is 4.35. The monoisotopic (exact) mass is 205 g/mol. The minimum Gasteiger partial charge on any atom is -0.393 e. The van der Waals surface area contributed by atoms with Crippen molar-refractivity contribution in [1.29, 1.82) is 0 Å². The average molecular weight is 205 g/mol. The van der Waals surface area contributed by atoms with Crippen LogP contribution in [0.5, 0.6) is 0 Å². The molecule has 0 saturated heterocycles. The molecular formula is C9H19NO2S. The van der Waals surface area contributed by atoms with Gasteiger partial charge in [0.15, 0.2) is 5.78 Å². The third kappa shape index (κ3) is 4.11. The number of hydrogen-bond donors (Lipinski definition) is 3. The summed E-state index contributed by atoms with van der Waals surface area (Å²) in [6, 6.07) is -0.530. The van der Waals surface area contributed by atoms with E-state index in [1.807, 2.05) is 0 Å². The molecule has 0 radical (unpaired) electrons. The molecule has 0 aliphatic heterocycles. The van der Waals surface area contributed by atoms with Gasteiger partial charge < -0.3 is 10.8 Å². The third-order valence-corrected chi connectivity index (χ3v) is 2.40. The van der Waals surface area contributed by atoms with Crippen LogP contribution in [0, 0.1) is 5.41 Å². The Hall–Kier alpha value is -0.0600. The molecule has 0 spiro atoms. The summed E-state index contributed by atoms with van der Waals surface area (Å²) in [6.07, 6.45) is -0.0427. The molecule has 0 aromatic carbocycles. The lowest BCUT2D eigenvalue weighted by Crippen LogP contribution is -2.42. The van der Waals surface area contributed by atoms with Crippen molar-refractivity contribution in [3.05, 3.63) is 0 Å². The number of carbonyl (C=O) groups is 1. The molecule has 1 unspecified atom stereocenters. The maximum Gasteiger partial charge on any atom is 0.156 e. The van der Waals surface area contributed by atoms with Gasteiger partial charge in [-0.1, -0.05) is 13.8 Å². The van der Waals surface area contributed by atoms with E-state index in [1.54, 1.807) is 20.8 Å². The SMILES string of the molecule is CC(O)CC(C)(C)C(=O)[C@@H](N)CS. The van der Waals surface area contributed by atoms with Crippen LogP contribution in [0.25, 0.3) is 0 Å². The minimum atomic E-state index is -0.559. The van der Waals surface area contributed by atoms with Crippen molar-refractivity contribution in [2.75, 3.05) is 5.75 Å². The van der Waals surface area contributed by atoms with Crippen LogP contribution in [0.3, 0.4) is 0 Å². The van der Waals surface area contributed by atoms with Gasteiger partial charge in [0.25, 0.3) is 0 Å². The van der Waals surface area contributed by atoms with Crippen molar-refractivity contribution >= 4 is 18.4 Å². The van der Waals surface area contributed by atoms with E-state index in [2.05, 4.69) is 12.6 Å². The zero-order valence-corrected chi connectivity index (χ0v) is 9.34. The van der Waals surface area contributed by atoms with Gasteiger partial charge in [0.1, 0.15) is 0 Å². The molecule has 3 nitrogen and oxygen atoms in total. The molecular weight excluding hydrogens is 186 g/mol. The first-order valence-electron chi connectivity index (χ1n) is 4.40. The summed E-state index contributed by atoms with van der Waals surface area (Å²) in [5.41, 5.74) is 5.01. The number of aliphatic hydroxyl groups excluding tert-OH is 1. The molecule has 0 aromatic heterocycles. The van der Waals surface area contributed by atoms with E-state index in [0.29, 0.717) is 12.2 Å². The van der Waals surface area contributed by atoms with Crippen molar-refractivity contribution in [2.45, 2.75) is 39.3 Å². The number of hydrogen-bond acceptors (Lipinski definition) is 4. The zero-order valence-electron chi connectivity index (χ0n) is 8.45. The van der Waals surface area contributed by atoms with Crippen LogP contribution in [0.1, 0.15) is 27.2 Å². The van der Waals surface area contributed by atoms with Crippen molar-refractivity contribution in [2.24, 2.45) is 11.1 Å². The highest BCUT2D eigenvalue weighted by Gasteiger charge is 2.32. The molecule has 13 heavy (non-hydrogen) atoms. The topological polar surface area (TPSA) is 63.3 Å².